The predicted octanol–water partition coefficient (Wildman–Crippen LogP) is 2.73. The van der Waals surface area contributed by atoms with E-state index >= 15 is 0 Å². The van der Waals surface area contributed by atoms with Crippen LogP contribution in [0, 0.1) is 5.92 Å². The molecular weight excluding hydrogens is 224 g/mol. The van der Waals surface area contributed by atoms with Crippen molar-refractivity contribution in [3.8, 4) is 0 Å². The Bertz CT molecular complexity index is 352. The number of hydrogen-bond donors (Lipinski definition) is 2. The van der Waals surface area contributed by atoms with E-state index in [2.05, 4.69) is 36.1 Å². The maximum absolute atomic E-state index is 5.95. The van der Waals surface area contributed by atoms with Gasteiger partial charge in [0.05, 0.1) is 0 Å². The first-order valence-corrected chi connectivity index (χ1v) is 5.98. The number of nitrogens with zero attached hydrogens (tertiary/aromatic N) is 2. The SMILES string of the molecule is CCCc1nc(Cl)c(N)c(NCC(C)C)n1. The molecule has 0 bridgehead atoms. The van der Waals surface area contributed by atoms with Crippen molar-refractivity contribution in [2.75, 3.05) is 17.6 Å². The first-order chi connectivity index (χ1) is 7.54. The van der Waals surface area contributed by atoms with Crippen LogP contribution in [0.15, 0.2) is 0 Å². The van der Waals surface area contributed by atoms with Crippen molar-refractivity contribution in [2.45, 2.75) is 33.6 Å². The third kappa shape index (κ3) is 3.52. The minimum atomic E-state index is 0.338. The van der Waals surface area contributed by atoms with E-state index in [0.29, 0.717) is 22.6 Å². The summed E-state index contributed by atoms with van der Waals surface area (Å²) in [6, 6.07) is 0. The lowest BCUT2D eigenvalue weighted by molar-refractivity contribution is 0.686. The molecule has 0 amide bonds. The summed E-state index contributed by atoms with van der Waals surface area (Å²) in [4.78, 5) is 8.50. The highest BCUT2D eigenvalue weighted by molar-refractivity contribution is 6.32. The van der Waals surface area contributed by atoms with Crippen LogP contribution in [0.3, 0.4) is 0 Å². The Morgan fingerprint density at radius 2 is 2.06 bits per heavy atom. The molecule has 0 saturated carbocycles. The molecular formula is C11H19ClN4. The van der Waals surface area contributed by atoms with E-state index in [1.54, 1.807) is 0 Å². The van der Waals surface area contributed by atoms with Gasteiger partial charge < -0.3 is 11.1 Å². The van der Waals surface area contributed by atoms with Gasteiger partial charge in [0.15, 0.2) is 11.0 Å². The smallest absolute Gasteiger partial charge is 0.157 e. The topological polar surface area (TPSA) is 63.8 Å². The van der Waals surface area contributed by atoms with Gasteiger partial charge in [-0.2, -0.15) is 0 Å². The number of aryl methyl sites for hydroxylation is 1. The highest BCUT2D eigenvalue weighted by Crippen LogP contribution is 2.24. The molecule has 0 aliphatic heterocycles. The van der Waals surface area contributed by atoms with Crippen LogP contribution in [0.4, 0.5) is 11.5 Å². The quantitative estimate of drug-likeness (QED) is 0.780. The van der Waals surface area contributed by atoms with Crippen LogP contribution in [0.5, 0.6) is 0 Å². The fourth-order valence-corrected chi connectivity index (χ4v) is 1.44. The first-order valence-electron chi connectivity index (χ1n) is 5.60. The monoisotopic (exact) mass is 242 g/mol. The predicted molar refractivity (Wildman–Crippen MR) is 68.8 cm³/mol. The molecule has 0 unspecified atom stereocenters. The van der Waals surface area contributed by atoms with Gasteiger partial charge in [0.25, 0.3) is 0 Å². The summed E-state index contributed by atoms with van der Waals surface area (Å²) in [5, 5.41) is 3.53. The first kappa shape index (κ1) is 13.0. The molecule has 0 fully saturated rings. The second-order valence-corrected chi connectivity index (χ2v) is 4.58. The molecule has 1 aromatic heterocycles. The van der Waals surface area contributed by atoms with E-state index < -0.39 is 0 Å². The van der Waals surface area contributed by atoms with E-state index in [9.17, 15) is 0 Å². The lowest BCUT2D eigenvalue weighted by Crippen LogP contribution is -2.13. The Hall–Kier alpha value is -1.03. The Balaban J connectivity index is 2.88. The van der Waals surface area contributed by atoms with Crippen molar-refractivity contribution in [3.05, 3.63) is 11.0 Å². The molecule has 4 nitrogen and oxygen atoms in total. The van der Waals surface area contributed by atoms with Gasteiger partial charge in [-0.1, -0.05) is 32.4 Å². The summed E-state index contributed by atoms with van der Waals surface area (Å²) < 4.78 is 0. The fraction of sp³-hybridized carbons (Fsp3) is 0.636. The second-order valence-electron chi connectivity index (χ2n) is 4.22. The zero-order valence-corrected chi connectivity index (χ0v) is 10.8. The highest BCUT2D eigenvalue weighted by Gasteiger charge is 2.09. The summed E-state index contributed by atoms with van der Waals surface area (Å²) in [6.07, 6.45) is 1.81. The van der Waals surface area contributed by atoms with E-state index in [1.807, 2.05) is 0 Å². The standard InChI is InChI=1S/C11H19ClN4/c1-4-5-8-15-10(12)9(13)11(16-8)14-6-7(2)3/h7H,4-6,13H2,1-3H3,(H,14,15,16). The van der Waals surface area contributed by atoms with E-state index in [-0.39, 0.29) is 0 Å². The number of nitrogens with one attached hydrogen (secondary N) is 1. The third-order valence-electron chi connectivity index (χ3n) is 2.10. The number of nitrogens with two attached hydrogens (primary N) is 1. The molecule has 0 atom stereocenters. The van der Waals surface area contributed by atoms with E-state index in [1.165, 1.54) is 0 Å². The Kier molecular flexibility index (Phi) is 4.80. The van der Waals surface area contributed by atoms with Gasteiger partial charge in [-0.15, -0.1) is 0 Å². The van der Waals surface area contributed by atoms with Gasteiger partial charge in [0, 0.05) is 13.0 Å². The summed E-state index contributed by atoms with van der Waals surface area (Å²) >= 11 is 5.95. The van der Waals surface area contributed by atoms with E-state index in [4.69, 9.17) is 17.3 Å². The van der Waals surface area contributed by atoms with Gasteiger partial charge in [0.2, 0.25) is 0 Å². The maximum atomic E-state index is 5.95. The number of halogens is 1. The summed E-state index contributed by atoms with van der Waals surface area (Å²) in [6.45, 7) is 7.15. The molecule has 1 aromatic rings. The minimum absolute atomic E-state index is 0.338. The lowest BCUT2D eigenvalue weighted by Gasteiger charge is -2.12. The molecule has 0 saturated heterocycles. The number of rotatable bonds is 5. The Labute approximate surface area is 102 Å². The van der Waals surface area contributed by atoms with Crippen molar-refractivity contribution >= 4 is 23.1 Å². The fourth-order valence-electron chi connectivity index (χ4n) is 1.26. The molecule has 0 aliphatic carbocycles. The molecule has 3 N–H and O–H groups in total. The van der Waals surface area contributed by atoms with Crippen LogP contribution in [0.2, 0.25) is 5.15 Å². The molecule has 16 heavy (non-hydrogen) atoms. The lowest BCUT2D eigenvalue weighted by atomic mass is 10.2. The van der Waals surface area contributed by atoms with Crippen LogP contribution in [-0.4, -0.2) is 16.5 Å². The van der Waals surface area contributed by atoms with Crippen LogP contribution in [0.25, 0.3) is 0 Å². The van der Waals surface area contributed by atoms with Gasteiger partial charge in [-0.25, -0.2) is 9.97 Å². The van der Waals surface area contributed by atoms with Gasteiger partial charge in [-0.05, 0) is 12.3 Å². The normalized spacial score (nSPS) is 10.8. The van der Waals surface area contributed by atoms with Crippen LogP contribution < -0.4 is 11.1 Å². The summed E-state index contributed by atoms with van der Waals surface area (Å²) in [5.74, 6) is 1.92. The second kappa shape index (κ2) is 5.89. The maximum Gasteiger partial charge on any atom is 0.157 e. The molecule has 90 valence electrons. The molecule has 0 aromatic carbocycles. The minimum Gasteiger partial charge on any atom is -0.393 e. The van der Waals surface area contributed by atoms with Crippen LogP contribution in [-0.2, 0) is 6.42 Å². The zero-order valence-electron chi connectivity index (χ0n) is 10.0. The number of anilines is 2. The average molecular weight is 243 g/mol. The largest absolute Gasteiger partial charge is 0.393 e. The molecule has 0 aliphatic rings. The van der Waals surface area contributed by atoms with Crippen molar-refractivity contribution in [3.63, 3.8) is 0 Å². The molecule has 0 radical (unpaired) electrons. The Morgan fingerprint density at radius 1 is 1.38 bits per heavy atom. The van der Waals surface area contributed by atoms with Gasteiger partial charge >= 0.3 is 0 Å². The van der Waals surface area contributed by atoms with Crippen molar-refractivity contribution in [1.82, 2.24) is 9.97 Å². The zero-order chi connectivity index (χ0) is 12.1. The third-order valence-corrected chi connectivity index (χ3v) is 2.38. The van der Waals surface area contributed by atoms with Crippen LogP contribution >= 0.6 is 11.6 Å². The van der Waals surface area contributed by atoms with E-state index in [0.717, 1.165) is 25.2 Å². The molecule has 1 rings (SSSR count). The summed E-state index contributed by atoms with van der Waals surface area (Å²) in [5.41, 5.74) is 6.25. The van der Waals surface area contributed by atoms with Crippen molar-refractivity contribution < 1.29 is 0 Å². The van der Waals surface area contributed by atoms with Crippen molar-refractivity contribution in [1.29, 1.82) is 0 Å². The van der Waals surface area contributed by atoms with Crippen molar-refractivity contribution in [2.24, 2.45) is 5.92 Å². The number of nitrogen functional groups attached to an aromatic ring is 1. The summed E-state index contributed by atoms with van der Waals surface area (Å²) in [7, 11) is 0. The molecule has 1 heterocycles. The molecule has 0 spiro atoms. The number of aromatic nitrogens is 2. The number of hydrogen-bond acceptors (Lipinski definition) is 4. The van der Waals surface area contributed by atoms with Gasteiger partial charge in [-0.3, -0.25) is 0 Å². The van der Waals surface area contributed by atoms with Gasteiger partial charge in [0.1, 0.15) is 11.5 Å². The average Bonchev–Trinajstić information content (AvgIpc) is 2.21. The molecule has 5 heteroatoms. The highest BCUT2D eigenvalue weighted by atomic mass is 35.5. The Morgan fingerprint density at radius 3 is 2.62 bits per heavy atom. The van der Waals surface area contributed by atoms with Crippen LogP contribution in [0.1, 0.15) is 33.0 Å².